The van der Waals surface area contributed by atoms with E-state index in [1.165, 1.54) is 28.4 Å². The summed E-state index contributed by atoms with van der Waals surface area (Å²) in [5.74, 6) is -3.04. The normalized spacial score (nSPS) is 25.5. The molecule has 1 aliphatic heterocycles. The lowest BCUT2D eigenvalue weighted by Crippen LogP contribution is -2.64. The Morgan fingerprint density at radius 3 is 2.16 bits per heavy atom. The molecule has 2 unspecified atom stereocenters. The van der Waals surface area contributed by atoms with Crippen LogP contribution in [-0.4, -0.2) is 122 Å². The molecule has 12 nitrogen and oxygen atoms in total. The Labute approximate surface area is 303 Å². The summed E-state index contributed by atoms with van der Waals surface area (Å²) in [4.78, 5) is 26.0. The van der Waals surface area contributed by atoms with Gasteiger partial charge < -0.3 is 47.8 Å². The Balaban J connectivity index is 3.16. The van der Waals surface area contributed by atoms with Gasteiger partial charge in [-0.05, 0) is 43.0 Å². The highest BCUT2D eigenvalue weighted by Gasteiger charge is 2.59. The highest BCUT2D eigenvalue weighted by molar-refractivity contribution is 6.74. The molecule has 0 aliphatic carbocycles. The van der Waals surface area contributed by atoms with Crippen molar-refractivity contribution in [2.24, 2.45) is 17.3 Å². The number of allylic oxidation sites excluding steroid dienone is 1. The lowest BCUT2D eigenvalue weighted by molar-refractivity contribution is -0.365. The van der Waals surface area contributed by atoms with Gasteiger partial charge in [-0.3, -0.25) is 4.79 Å². The molecule has 0 aromatic carbocycles. The standard InChI is InChI=1S/C37H70O12Si/c1-16-26(22-48-50(14,15)35(4,5)6)17-24(2)29(38)18-27(43-10)21-32(39)36(7,8)37(41)25(3)30(44-11)19-28(49-37)20-31(45-12)33(34(40)46-13)47-23-42-9/h17,25-28,30-33,39,41H,16,18-23H2,1-15H3/b24-17-/t25-,26?,27+,28-,30-,31-,32+,33+,37?/m0/s1. The molecule has 1 fully saturated rings. The molecule has 2 N–H and O–H groups in total. The van der Waals surface area contributed by atoms with Crippen molar-refractivity contribution in [2.45, 2.75) is 148 Å². The molecule has 1 rings (SSSR count). The lowest BCUT2D eigenvalue weighted by atomic mass is 9.67. The number of aliphatic hydroxyl groups is 2. The number of ketones is 1. The van der Waals surface area contributed by atoms with Gasteiger partial charge in [0.25, 0.3) is 0 Å². The smallest absolute Gasteiger partial charge is 0.337 e. The molecule has 0 amide bonds. The quantitative estimate of drug-likeness (QED) is 0.0633. The van der Waals surface area contributed by atoms with E-state index in [1.807, 2.05) is 19.9 Å². The van der Waals surface area contributed by atoms with Crippen LogP contribution in [0.3, 0.4) is 0 Å². The Kier molecular flexibility index (Phi) is 18.9. The van der Waals surface area contributed by atoms with Gasteiger partial charge in [-0.15, -0.1) is 0 Å². The summed E-state index contributed by atoms with van der Waals surface area (Å²) in [5.41, 5.74) is -0.620. The zero-order valence-electron chi connectivity index (χ0n) is 33.6. The van der Waals surface area contributed by atoms with Crippen LogP contribution in [0.2, 0.25) is 18.1 Å². The molecule has 1 heterocycles. The van der Waals surface area contributed by atoms with Crippen molar-refractivity contribution < 1.29 is 57.4 Å². The lowest BCUT2D eigenvalue weighted by Gasteiger charge is -2.55. The number of aliphatic hydroxyl groups excluding tert-OH is 1. The van der Waals surface area contributed by atoms with Crippen LogP contribution in [0, 0.1) is 17.3 Å². The molecule has 0 bridgehead atoms. The second-order valence-corrected chi connectivity index (χ2v) is 20.6. The summed E-state index contributed by atoms with van der Waals surface area (Å²) in [5, 5.41) is 24.1. The van der Waals surface area contributed by atoms with Crippen LogP contribution in [-0.2, 0) is 47.2 Å². The first-order valence-electron chi connectivity index (χ1n) is 17.8. The van der Waals surface area contributed by atoms with Crippen molar-refractivity contribution in [3.63, 3.8) is 0 Å². The summed E-state index contributed by atoms with van der Waals surface area (Å²) in [7, 11) is 5.29. The van der Waals surface area contributed by atoms with E-state index in [2.05, 4.69) is 40.8 Å². The fraction of sp³-hybridized carbons (Fsp3) is 0.892. The average molecular weight is 735 g/mol. The van der Waals surface area contributed by atoms with E-state index in [1.54, 1.807) is 21.0 Å². The number of hydrogen-bond donors (Lipinski definition) is 2. The molecular formula is C37H70O12Si. The molecule has 0 radical (unpaired) electrons. The van der Waals surface area contributed by atoms with E-state index in [4.69, 9.17) is 37.6 Å². The summed E-state index contributed by atoms with van der Waals surface area (Å²) in [6.45, 7) is 20.6. The van der Waals surface area contributed by atoms with Crippen molar-refractivity contribution in [3.05, 3.63) is 11.6 Å². The van der Waals surface area contributed by atoms with Crippen molar-refractivity contribution in [2.75, 3.05) is 48.9 Å². The van der Waals surface area contributed by atoms with Crippen LogP contribution in [0.5, 0.6) is 0 Å². The second kappa shape index (κ2) is 20.3. The Morgan fingerprint density at radius 1 is 1.06 bits per heavy atom. The van der Waals surface area contributed by atoms with Gasteiger partial charge in [0.15, 0.2) is 26.0 Å². The van der Waals surface area contributed by atoms with Crippen LogP contribution in [0.4, 0.5) is 0 Å². The van der Waals surface area contributed by atoms with Crippen LogP contribution >= 0.6 is 0 Å². The first-order valence-corrected chi connectivity index (χ1v) is 20.7. The van der Waals surface area contributed by atoms with E-state index in [0.717, 1.165) is 6.42 Å². The number of methoxy groups -OCH3 is 5. The van der Waals surface area contributed by atoms with Crippen LogP contribution in [0.15, 0.2) is 11.6 Å². The van der Waals surface area contributed by atoms with Gasteiger partial charge in [0.1, 0.15) is 6.79 Å². The van der Waals surface area contributed by atoms with Crippen molar-refractivity contribution in [1.82, 2.24) is 0 Å². The maximum absolute atomic E-state index is 13.4. The predicted octanol–water partition coefficient (Wildman–Crippen LogP) is 5.43. The molecule has 0 aromatic heterocycles. The van der Waals surface area contributed by atoms with E-state index in [0.29, 0.717) is 18.6 Å². The van der Waals surface area contributed by atoms with Crippen LogP contribution < -0.4 is 0 Å². The number of ether oxygens (including phenoxy) is 7. The molecule has 50 heavy (non-hydrogen) atoms. The molecule has 13 heteroatoms. The minimum absolute atomic E-state index is 0.0650. The average Bonchev–Trinajstić information content (AvgIpc) is 3.05. The van der Waals surface area contributed by atoms with E-state index < -0.39 is 68.0 Å². The van der Waals surface area contributed by atoms with E-state index in [-0.39, 0.29) is 42.8 Å². The molecular weight excluding hydrogens is 664 g/mol. The molecule has 0 saturated carbocycles. The maximum Gasteiger partial charge on any atom is 0.337 e. The summed E-state index contributed by atoms with van der Waals surface area (Å²) < 4.78 is 45.5. The van der Waals surface area contributed by atoms with Gasteiger partial charge in [-0.2, -0.15) is 0 Å². The van der Waals surface area contributed by atoms with Gasteiger partial charge in [-0.1, -0.05) is 54.5 Å². The Morgan fingerprint density at radius 2 is 1.68 bits per heavy atom. The fourth-order valence-electron chi connectivity index (χ4n) is 6.17. The number of Topliss-reactive ketones (excluding diaryl/α,β-unsaturated/α-hetero) is 1. The Hall–Kier alpha value is -1.26. The number of rotatable bonds is 22. The monoisotopic (exact) mass is 734 g/mol. The van der Waals surface area contributed by atoms with Crippen molar-refractivity contribution in [3.8, 4) is 0 Å². The fourth-order valence-corrected chi connectivity index (χ4v) is 7.23. The zero-order valence-corrected chi connectivity index (χ0v) is 34.6. The largest absolute Gasteiger partial charge is 0.467 e. The summed E-state index contributed by atoms with van der Waals surface area (Å²) >= 11 is 0. The second-order valence-electron chi connectivity index (χ2n) is 15.8. The first-order chi connectivity index (χ1) is 23.1. The number of esters is 1. The molecule has 9 atom stereocenters. The molecule has 294 valence electrons. The number of carbonyl (C=O) groups excluding carboxylic acids is 2. The van der Waals surface area contributed by atoms with Gasteiger partial charge in [0.2, 0.25) is 0 Å². The number of hydrogen-bond acceptors (Lipinski definition) is 12. The van der Waals surface area contributed by atoms with Crippen molar-refractivity contribution in [1.29, 1.82) is 0 Å². The molecule has 0 spiro atoms. The Bertz CT molecular complexity index is 1070. The SMILES string of the molecule is CCC(/C=C(/C)C(=O)C[C@H](C[C@@H](O)C(C)(C)C1(O)O[C@H](C[C@H](OC)[C@@H](OCOC)C(=O)OC)C[C@H](OC)[C@@H]1C)OC)CO[Si](C)(C)C(C)(C)C. The predicted molar refractivity (Wildman–Crippen MR) is 194 cm³/mol. The summed E-state index contributed by atoms with van der Waals surface area (Å²) in [6.07, 6.45) is -1.22. The minimum Gasteiger partial charge on any atom is -0.467 e. The topological polar surface area (TPSA) is 148 Å². The van der Waals surface area contributed by atoms with Gasteiger partial charge >= 0.3 is 5.97 Å². The van der Waals surface area contributed by atoms with E-state index >= 15 is 0 Å². The molecule has 1 aliphatic rings. The third-order valence-corrected chi connectivity index (χ3v) is 15.7. The van der Waals surface area contributed by atoms with Crippen molar-refractivity contribution >= 4 is 20.1 Å². The third-order valence-electron chi connectivity index (χ3n) is 11.2. The maximum atomic E-state index is 13.4. The number of carbonyl (C=O) groups is 2. The minimum atomic E-state index is -1.93. The zero-order chi connectivity index (χ0) is 38.7. The highest BCUT2D eigenvalue weighted by Crippen LogP contribution is 2.49. The van der Waals surface area contributed by atoms with Crippen LogP contribution in [0.25, 0.3) is 0 Å². The van der Waals surface area contributed by atoms with Gasteiger partial charge in [0, 0.05) is 72.1 Å². The molecule has 1 saturated heterocycles. The van der Waals surface area contributed by atoms with Crippen LogP contribution in [0.1, 0.15) is 87.5 Å². The van der Waals surface area contributed by atoms with Gasteiger partial charge in [-0.25, -0.2) is 4.79 Å². The van der Waals surface area contributed by atoms with Gasteiger partial charge in [0.05, 0.1) is 37.6 Å². The summed E-state index contributed by atoms with van der Waals surface area (Å²) in [6, 6.07) is 0. The van der Waals surface area contributed by atoms with E-state index in [9.17, 15) is 19.8 Å². The highest BCUT2D eigenvalue weighted by atomic mass is 28.4. The first kappa shape index (κ1) is 46.8. The molecule has 0 aromatic rings. The third kappa shape index (κ3) is 12.1.